The molecule has 1 aromatic rings. The van der Waals surface area contributed by atoms with Crippen molar-refractivity contribution in [3.05, 3.63) is 18.2 Å². The molecule has 8 heteroatoms. The monoisotopic (exact) mass is 344 g/mol. The first-order valence-electron chi connectivity index (χ1n) is 7.76. The number of ether oxygens (including phenoxy) is 3. The minimum absolute atomic E-state index is 0.118. The lowest BCUT2D eigenvalue weighted by molar-refractivity contribution is 0.111. The summed E-state index contributed by atoms with van der Waals surface area (Å²) in [5.41, 5.74) is 0. The molecule has 0 radical (unpaired) electrons. The highest BCUT2D eigenvalue weighted by molar-refractivity contribution is 7.89. The Morgan fingerprint density at radius 3 is 2.65 bits per heavy atom. The van der Waals surface area contributed by atoms with Crippen LogP contribution in [0.15, 0.2) is 23.1 Å². The fraction of sp³-hybridized carbons (Fsp3) is 0.600. The van der Waals surface area contributed by atoms with Gasteiger partial charge < -0.3 is 19.1 Å². The van der Waals surface area contributed by atoms with E-state index in [2.05, 4.69) is 23.5 Å². The number of nitrogens with one attached hydrogen (secondary N) is 1. The number of likely N-dealkylation sites (N-methyl/N-ethyl adjacent to an activating group) is 1. The molecule has 2 rings (SSSR count). The lowest BCUT2D eigenvalue weighted by Gasteiger charge is -2.17. The topological polar surface area (TPSA) is 77.1 Å². The van der Waals surface area contributed by atoms with E-state index in [9.17, 15) is 8.42 Å². The smallest absolute Gasteiger partial charge is 0.240 e. The molecule has 0 unspecified atom stereocenters. The summed E-state index contributed by atoms with van der Waals surface area (Å²) in [6, 6.07) is 4.56. The van der Waals surface area contributed by atoms with Crippen molar-refractivity contribution in [3.8, 4) is 11.5 Å². The van der Waals surface area contributed by atoms with Gasteiger partial charge in [0.15, 0.2) is 11.5 Å². The summed E-state index contributed by atoms with van der Waals surface area (Å²) in [6.07, 6.45) is 0. The van der Waals surface area contributed by atoms with Crippen molar-refractivity contribution >= 4 is 10.0 Å². The van der Waals surface area contributed by atoms with Gasteiger partial charge in [0.05, 0.1) is 18.1 Å². The van der Waals surface area contributed by atoms with Crippen molar-refractivity contribution in [1.29, 1.82) is 0 Å². The van der Waals surface area contributed by atoms with Crippen LogP contribution >= 0.6 is 0 Å². The Bertz CT molecular complexity index is 602. The molecule has 0 spiro atoms. The molecule has 1 aromatic carbocycles. The van der Waals surface area contributed by atoms with Gasteiger partial charge in [-0.25, -0.2) is 13.1 Å². The molecule has 0 aromatic heterocycles. The molecule has 0 atom stereocenters. The molecule has 0 bridgehead atoms. The predicted molar refractivity (Wildman–Crippen MR) is 86.4 cm³/mol. The molecule has 1 N–H and O–H groups in total. The summed E-state index contributed by atoms with van der Waals surface area (Å²) in [5.74, 6) is 1.01. The highest BCUT2D eigenvalue weighted by Crippen LogP contribution is 2.33. The minimum atomic E-state index is -3.57. The van der Waals surface area contributed by atoms with Crippen LogP contribution < -0.4 is 14.2 Å². The maximum Gasteiger partial charge on any atom is 0.240 e. The van der Waals surface area contributed by atoms with Crippen LogP contribution in [-0.2, 0) is 14.8 Å². The Kier molecular flexibility index (Phi) is 6.64. The molecule has 0 saturated carbocycles. The first-order chi connectivity index (χ1) is 11.1. The molecule has 23 heavy (non-hydrogen) atoms. The first kappa shape index (κ1) is 18.0. The Balaban J connectivity index is 1.74. The molecule has 0 amide bonds. The zero-order valence-corrected chi connectivity index (χ0v) is 14.4. The van der Waals surface area contributed by atoms with Gasteiger partial charge in [-0.3, -0.25) is 0 Å². The summed E-state index contributed by atoms with van der Waals surface area (Å²) >= 11 is 0. The van der Waals surface area contributed by atoms with Crippen LogP contribution in [0.1, 0.15) is 13.8 Å². The summed E-state index contributed by atoms with van der Waals surface area (Å²) in [5, 5.41) is 0. The van der Waals surface area contributed by atoms with Gasteiger partial charge in [-0.05, 0) is 25.2 Å². The maximum absolute atomic E-state index is 12.2. The average molecular weight is 344 g/mol. The Labute approximate surface area is 137 Å². The molecule has 1 aliphatic heterocycles. The number of hydrogen-bond acceptors (Lipinski definition) is 6. The summed E-state index contributed by atoms with van der Waals surface area (Å²) in [4.78, 5) is 2.40. The van der Waals surface area contributed by atoms with E-state index in [0.717, 1.165) is 19.6 Å². The first-order valence-corrected chi connectivity index (χ1v) is 9.24. The lowest BCUT2D eigenvalue weighted by atomic mass is 10.3. The third kappa shape index (κ3) is 5.07. The van der Waals surface area contributed by atoms with E-state index in [0.29, 0.717) is 24.7 Å². The van der Waals surface area contributed by atoms with Crippen molar-refractivity contribution in [3.63, 3.8) is 0 Å². The maximum atomic E-state index is 12.2. The van der Waals surface area contributed by atoms with Gasteiger partial charge in [-0.15, -0.1) is 0 Å². The molecular weight excluding hydrogens is 320 g/mol. The van der Waals surface area contributed by atoms with E-state index < -0.39 is 10.0 Å². The highest BCUT2D eigenvalue weighted by Gasteiger charge is 2.19. The Morgan fingerprint density at radius 2 is 1.91 bits per heavy atom. The molecule has 1 aliphatic rings. The van der Waals surface area contributed by atoms with Crippen LogP contribution in [0.5, 0.6) is 11.5 Å². The lowest BCUT2D eigenvalue weighted by Crippen LogP contribution is -2.30. The van der Waals surface area contributed by atoms with Crippen LogP contribution in [0.25, 0.3) is 0 Å². The van der Waals surface area contributed by atoms with E-state index >= 15 is 0 Å². The standard InChI is InChI=1S/C15H24N2O5S/c1-3-17(4-2)8-10-20-9-7-16-23(18,19)13-5-6-14-15(11-13)22-12-21-14/h5-6,11,16H,3-4,7-10,12H2,1-2H3. The van der Waals surface area contributed by atoms with Crippen LogP contribution in [0.3, 0.4) is 0 Å². The van der Waals surface area contributed by atoms with Gasteiger partial charge in [0.25, 0.3) is 0 Å². The predicted octanol–water partition coefficient (Wildman–Crippen LogP) is 1.05. The second-order valence-electron chi connectivity index (χ2n) is 5.05. The fourth-order valence-electron chi connectivity index (χ4n) is 2.21. The number of hydrogen-bond donors (Lipinski definition) is 1. The van der Waals surface area contributed by atoms with E-state index in [1.165, 1.54) is 12.1 Å². The number of sulfonamides is 1. The largest absolute Gasteiger partial charge is 0.454 e. The zero-order chi connectivity index (χ0) is 16.7. The average Bonchev–Trinajstić information content (AvgIpc) is 3.02. The fourth-order valence-corrected chi connectivity index (χ4v) is 3.24. The Hall–Kier alpha value is -1.35. The van der Waals surface area contributed by atoms with E-state index in [1.807, 2.05) is 0 Å². The molecule has 0 fully saturated rings. The minimum Gasteiger partial charge on any atom is -0.454 e. The molecule has 0 saturated heterocycles. The normalized spacial score (nSPS) is 13.7. The third-order valence-corrected chi connectivity index (χ3v) is 5.10. The van der Waals surface area contributed by atoms with Gasteiger partial charge in [0.1, 0.15) is 0 Å². The van der Waals surface area contributed by atoms with Crippen LogP contribution in [0.4, 0.5) is 0 Å². The zero-order valence-electron chi connectivity index (χ0n) is 13.6. The van der Waals surface area contributed by atoms with E-state index in [-0.39, 0.29) is 18.2 Å². The second kappa shape index (κ2) is 8.49. The van der Waals surface area contributed by atoms with Gasteiger partial charge >= 0.3 is 0 Å². The molecule has 130 valence electrons. The SMILES string of the molecule is CCN(CC)CCOCCNS(=O)(=O)c1ccc2c(c1)OCO2. The number of benzene rings is 1. The molecule has 7 nitrogen and oxygen atoms in total. The second-order valence-corrected chi connectivity index (χ2v) is 6.82. The van der Waals surface area contributed by atoms with Crippen LogP contribution in [0, 0.1) is 0 Å². The number of nitrogens with zero attached hydrogens (tertiary/aromatic N) is 1. The van der Waals surface area contributed by atoms with E-state index in [1.54, 1.807) is 6.07 Å². The number of rotatable bonds is 10. The molecule has 1 heterocycles. The highest BCUT2D eigenvalue weighted by atomic mass is 32.2. The van der Waals surface area contributed by atoms with Crippen molar-refractivity contribution in [2.45, 2.75) is 18.7 Å². The van der Waals surface area contributed by atoms with E-state index in [4.69, 9.17) is 14.2 Å². The van der Waals surface area contributed by atoms with Crippen molar-refractivity contribution in [1.82, 2.24) is 9.62 Å². The van der Waals surface area contributed by atoms with Gasteiger partial charge in [0, 0.05) is 19.2 Å². The molecule has 0 aliphatic carbocycles. The summed E-state index contributed by atoms with van der Waals surface area (Å²) < 4.78 is 42.7. The molecular formula is C15H24N2O5S. The van der Waals surface area contributed by atoms with Gasteiger partial charge in [0.2, 0.25) is 16.8 Å². The van der Waals surface area contributed by atoms with Gasteiger partial charge in [-0.2, -0.15) is 0 Å². The quantitative estimate of drug-likeness (QED) is 0.640. The van der Waals surface area contributed by atoms with Crippen molar-refractivity contribution in [2.75, 3.05) is 46.2 Å². The Morgan fingerprint density at radius 1 is 1.17 bits per heavy atom. The summed E-state index contributed by atoms with van der Waals surface area (Å²) in [7, 11) is -3.57. The summed E-state index contributed by atoms with van der Waals surface area (Å²) in [6.45, 7) is 8.29. The van der Waals surface area contributed by atoms with Gasteiger partial charge in [-0.1, -0.05) is 13.8 Å². The van der Waals surface area contributed by atoms with Crippen molar-refractivity contribution in [2.24, 2.45) is 0 Å². The van der Waals surface area contributed by atoms with Crippen molar-refractivity contribution < 1.29 is 22.6 Å². The van der Waals surface area contributed by atoms with Crippen LogP contribution in [-0.4, -0.2) is 59.5 Å². The van der Waals surface area contributed by atoms with Crippen LogP contribution in [0.2, 0.25) is 0 Å². The third-order valence-electron chi connectivity index (χ3n) is 3.64. The number of fused-ring (bicyclic) bond motifs is 1.